The Kier molecular flexibility index (Phi) is 7.41. The molecule has 0 saturated carbocycles. The van der Waals surface area contributed by atoms with Crippen LogP contribution in [0.1, 0.15) is 27.0 Å². The van der Waals surface area contributed by atoms with Crippen LogP contribution in [0.4, 0.5) is 19.1 Å². The number of amides is 1. The normalized spacial score (nSPS) is 14.1. The predicted molar refractivity (Wildman–Crippen MR) is 131 cm³/mol. The number of ether oxygens (including phenoxy) is 1. The van der Waals surface area contributed by atoms with Crippen LogP contribution >= 0.6 is 11.8 Å². The van der Waals surface area contributed by atoms with Crippen molar-refractivity contribution in [2.75, 3.05) is 32.1 Å². The van der Waals surface area contributed by atoms with Crippen LogP contribution in [0.5, 0.6) is 5.88 Å². The van der Waals surface area contributed by atoms with Crippen molar-refractivity contribution in [2.45, 2.75) is 35.5 Å². The van der Waals surface area contributed by atoms with E-state index in [0.717, 1.165) is 48.1 Å². The minimum atomic E-state index is -4.73. The molecule has 2 aromatic carbocycles. The van der Waals surface area contributed by atoms with E-state index in [1.165, 1.54) is 6.07 Å². The Morgan fingerprint density at radius 2 is 1.97 bits per heavy atom. The van der Waals surface area contributed by atoms with Gasteiger partial charge in [-0.15, -0.1) is 0 Å². The molecule has 11 heteroatoms. The van der Waals surface area contributed by atoms with E-state index in [1.54, 1.807) is 6.20 Å². The number of carbonyl (C=O) groups is 1. The third kappa shape index (κ3) is 5.90. The van der Waals surface area contributed by atoms with Crippen LogP contribution in [0.2, 0.25) is 0 Å². The van der Waals surface area contributed by atoms with E-state index in [-0.39, 0.29) is 17.4 Å². The molecule has 0 spiro atoms. The minimum Gasteiger partial charge on any atom is -0.472 e. The van der Waals surface area contributed by atoms with Gasteiger partial charge in [0.2, 0.25) is 17.7 Å². The van der Waals surface area contributed by atoms with Crippen LogP contribution in [0.25, 0.3) is 0 Å². The molecule has 0 radical (unpaired) electrons. The van der Waals surface area contributed by atoms with Gasteiger partial charge in [0, 0.05) is 24.0 Å². The number of hydrogen-bond donors (Lipinski definition) is 1. The molecular formula is C25H26F3N5O2S. The molecule has 1 fully saturated rings. The van der Waals surface area contributed by atoms with E-state index in [9.17, 15) is 18.0 Å². The summed E-state index contributed by atoms with van der Waals surface area (Å²) in [7, 11) is 4.02. The highest BCUT2D eigenvalue weighted by molar-refractivity contribution is 7.99. The molecule has 0 aliphatic carbocycles. The first-order chi connectivity index (χ1) is 17.0. The van der Waals surface area contributed by atoms with Crippen LogP contribution in [-0.4, -0.2) is 54.0 Å². The van der Waals surface area contributed by atoms with Gasteiger partial charge in [-0.25, -0.2) is 4.98 Å². The molecule has 36 heavy (non-hydrogen) atoms. The van der Waals surface area contributed by atoms with Crippen molar-refractivity contribution in [1.29, 1.82) is 0 Å². The molecule has 4 rings (SSSR count). The maximum atomic E-state index is 13.5. The monoisotopic (exact) mass is 517 g/mol. The number of rotatable bonds is 8. The lowest BCUT2D eigenvalue weighted by Gasteiger charge is -2.42. The highest BCUT2D eigenvalue weighted by Gasteiger charge is 2.35. The van der Waals surface area contributed by atoms with Gasteiger partial charge in [0.05, 0.1) is 22.2 Å². The van der Waals surface area contributed by atoms with Crippen LogP contribution in [0, 0.1) is 6.92 Å². The Morgan fingerprint density at radius 1 is 1.22 bits per heavy atom. The van der Waals surface area contributed by atoms with Gasteiger partial charge in [-0.05, 0) is 44.8 Å². The van der Waals surface area contributed by atoms with E-state index in [4.69, 9.17) is 10.5 Å². The van der Waals surface area contributed by atoms with Crippen molar-refractivity contribution in [3.63, 3.8) is 0 Å². The molecule has 1 aromatic heterocycles. The highest BCUT2D eigenvalue weighted by Crippen LogP contribution is 2.39. The fourth-order valence-corrected chi connectivity index (χ4v) is 4.60. The van der Waals surface area contributed by atoms with Crippen molar-refractivity contribution in [3.05, 3.63) is 70.9 Å². The summed E-state index contributed by atoms with van der Waals surface area (Å²) in [5.74, 6) is -0.372. The summed E-state index contributed by atoms with van der Waals surface area (Å²) in [6, 6.07) is 11.6. The molecule has 0 bridgehead atoms. The van der Waals surface area contributed by atoms with Gasteiger partial charge in [-0.1, -0.05) is 41.6 Å². The first-order valence-corrected chi connectivity index (χ1v) is 12.0. The number of primary amides is 1. The zero-order chi connectivity index (χ0) is 26.0. The molecule has 190 valence electrons. The standard InChI is InChI=1S/C25H26F3N5O2S/c1-15-5-4-6-16(9-15)14-35-23-21(11-30-24(31-23)33-12-17(13-33)32(2)3)36-18-7-8-19(22(29)34)20(10-18)25(26,27)28/h4-11,17H,12-14H2,1-3H3,(H2,29,34). The topological polar surface area (TPSA) is 84.6 Å². The number of hydrogen-bond acceptors (Lipinski definition) is 7. The van der Waals surface area contributed by atoms with Gasteiger partial charge < -0.3 is 20.3 Å². The SMILES string of the molecule is Cc1cccc(COc2nc(N3CC(N(C)C)C3)ncc2Sc2ccc(C(N)=O)c(C(F)(F)F)c2)c1. The molecule has 0 atom stereocenters. The molecule has 1 aliphatic rings. The molecule has 0 unspecified atom stereocenters. The highest BCUT2D eigenvalue weighted by atomic mass is 32.2. The fraction of sp³-hybridized carbons (Fsp3) is 0.320. The average Bonchev–Trinajstić information content (AvgIpc) is 2.77. The molecular weight excluding hydrogens is 491 g/mol. The summed E-state index contributed by atoms with van der Waals surface area (Å²) < 4.78 is 46.7. The summed E-state index contributed by atoms with van der Waals surface area (Å²) in [6.45, 7) is 3.74. The largest absolute Gasteiger partial charge is 0.472 e. The lowest BCUT2D eigenvalue weighted by Crippen LogP contribution is -2.58. The second kappa shape index (κ2) is 10.4. The molecule has 2 N–H and O–H groups in total. The molecule has 7 nitrogen and oxygen atoms in total. The molecule has 2 heterocycles. The van der Waals surface area contributed by atoms with E-state index in [0.29, 0.717) is 16.9 Å². The summed E-state index contributed by atoms with van der Waals surface area (Å²) >= 11 is 1.03. The maximum absolute atomic E-state index is 13.5. The average molecular weight is 518 g/mol. The summed E-state index contributed by atoms with van der Waals surface area (Å²) in [5, 5.41) is 0. The molecule has 1 saturated heterocycles. The second-order valence-electron chi connectivity index (χ2n) is 8.81. The summed E-state index contributed by atoms with van der Waals surface area (Å²) in [6.07, 6.45) is -3.18. The number of nitrogens with zero attached hydrogens (tertiary/aromatic N) is 4. The number of likely N-dealkylation sites (N-methyl/N-ethyl adjacent to an activating group) is 1. The third-order valence-electron chi connectivity index (χ3n) is 5.83. The number of nitrogens with two attached hydrogens (primary N) is 1. The lowest BCUT2D eigenvalue weighted by atomic mass is 10.1. The quantitative estimate of drug-likeness (QED) is 0.475. The number of halogens is 3. The molecule has 3 aromatic rings. The second-order valence-corrected chi connectivity index (χ2v) is 9.93. The summed E-state index contributed by atoms with van der Waals surface area (Å²) in [5.41, 5.74) is 5.49. The van der Waals surface area contributed by atoms with Crippen molar-refractivity contribution in [3.8, 4) is 5.88 Å². The Hall–Kier alpha value is -3.31. The smallest absolute Gasteiger partial charge is 0.417 e. The Morgan fingerprint density at radius 3 is 2.61 bits per heavy atom. The number of aryl methyl sites for hydroxylation is 1. The fourth-order valence-electron chi connectivity index (χ4n) is 3.73. The number of alkyl halides is 3. The van der Waals surface area contributed by atoms with Gasteiger partial charge in [-0.2, -0.15) is 18.2 Å². The predicted octanol–water partition coefficient (Wildman–Crippen LogP) is 4.38. The van der Waals surface area contributed by atoms with Crippen molar-refractivity contribution >= 4 is 23.6 Å². The number of anilines is 1. The van der Waals surface area contributed by atoms with Gasteiger partial charge in [0.1, 0.15) is 6.61 Å². The van der Waals surface area contributed by atoms with Crippen LogP contribution in [0.3, 0.4) is 0 Å². The lowest BCUT2D eigenvalue weighted by molar-refractivity contribution is -0.138. The third-order valence-corrected chi connectivity index (χ3v) is 6.82. The summed E-state index contributed by atoms with van der Waals surface area (Å²) in [4.78, 5) is 25.4. The van der Waals surface area contributed by atoms with Crippen molar-refractivity contribution in [1.82, 2.24) is 14.9 Å². The van der Waals surface area contributed by atoms with E-state index >= 15 is 0 Å². The minimum absolute atomic E-state index is 0.237. The Balaban J connectivity index is 1.63. The van der Waals surface area contributed by atoms with Crippen molar-refractivity contribution in [2.24, 2.45) is 5.73 Å². The van der Waals surface area contributed by atoms with E-state index in [1.807, 2.05) is 50.2 Å². The first kappa shape index (κ1) is 25.8. The van der Waals surface area contributed by atoms with E-state index < -0.39 is 23.2 Å². The van der Waals surface area contributed by atoms with Gasteiger partial charge in [0.25, 0.3) is 0 Å². The number of carbonyl (C=O) groups excluding carboxylic acids is 1. The van der Waals surface area contributed by atoms with Gasteiger partial charge in [-0.3, -0.25) is 4.79 Å². The molecule has 1 aliphatic heterocycles. The Bertz CT molecular complexity index is 1260. The first-order valence-electron chi connectivity index (χ1n) is 11.2. The van der Waals surface area contributed by atoms with Crippen LogP contribution in [-0.2, 0) is 12.8 Å². The number of aromatic nitrogens is 2. The van der Waals surface area contributed by atoms with Crippen LogP contribution in [0.15, 0.2) is 58.5 Å². The zero-order valence-corrected chi connectivity index (χ0v) is 20.9. The van der Waals surface area contributed by atoms with Crippen LogP contribution < -0.4 is 15.4 Å². The maximum Gasteiger partial charge on any atom is 0.417 e. The van der Waals surface area contributed by atoms with E-state index in [2.05, 4.69) is 14.9 Å². The van der Waals surface area contributed by atoms with Gasteiger partial charge in [0.15, 0.2) is 0 Å². The Labute approximate surface area is 211 Å². The zero-order valence-electron chi connectivity index (χ0n) is 20.0. The van der Waals surface area contributed by atoms with Crippen molar-refractivity contribution < 1.29 is 22.7 Å². The molecule has 1 amide bonds. The van der Waals surface area contributed by atoms with Gasteiger partial charge >= 0.3 is 6.18 Å². The number of benzene rings is 2.